The van der Waals surface area contributed by atoms with Gasteiger partial charge in [0.05, 0.1) is 5.69 Å². The molecule has 0 aliphatic heterocycles. The van der Waals surface area contributed by atoms with Crippen LogP contribution in [0, 0.1) is 20.8 Å². The summed E-state index contributed by atoms with van der Waals surface area (Å²) in [4.78, 5) is 10.7. The predicted octanol–water partition coefficient (Wildman–Crippen LogP) is 0.735. The van der Waals surface area contributed by atoms with Crippen molar-refractivity contribution in [2.45, 2.75) is 20.8 Å². The Hall–Kier alpha value is -1.32. The van der Waals surface area contributed by atoms with Gasteiger partial charge >= 0.3 is 6.03 Å². The molecule has 1 aromatic heterocycles. The second-order valence-corrected chi connectivity index (χ2v) is 2.55. The molecule has 0 saturated carbocycles. The van der Waals surface area contributed by atoms with Crippen molar-refractivity contribution in [3.63, 3.8) is 0 Å². The van der Waals surface area contributed by atoms with Gasteiger partial charge in [-0.1, -0.05) is 0 Å². The van der Waals surface area contributed by atoms with E-state index in [0.717, 1.165) is 17.0 Å². The molecule has 1 heterocycles. The normalized spacial score (nSPS) is 10.1. The van der Waals surface area contributed by atoms with Crippen molar-refractivity contribution in [2.75, 3.05) is 0 Å². The molecule has 1 aromatic rings. The zero-order valence-corrected chi connectivity index (χ0v) is 6.88. The third kappa shape index (κ3) is 1.11. The van der Waals surface area contributed by atoms with Gasteiger partial charge in [0.2, 0.25) is 0 Å². The molecule has 4 heteroatoms. The van der Waals surface area contributed by atoms with Crippen LogP contribution in [0.4, 0.5) is 4.79 Å². The maximum Gasteiger partial charge on any atom is 0.339 e. The number of rotatable bonds is 0. The molecular weight excluding hydrogens is 142 g/mol. The van der Waals surface area contributed by atoms with E-state index in [-0.39, 0.29) is 0 Å². The van der Waals surface area contributed by atoms with E-state index in [1.807, 2.05) is 20.8 Å². The topological polar surface area (TPSA) is 60.9 Å². The second-order valence-electron chi connectivity index (χ2n) is 2.55. The fourth-order valence-electron chi connectivity index (χ4n) is 0.935. The molecule has 1 amide bonds. The molecule has 0 aliphatic carbocycles. The van der Waals surface area contributed by atoms with E-state index in [2.05, 4.69) is 5.10 Å². The van der Waals surface area contributed by atoms with Crippen molar-refractivity contribution in [1.82, 2.24) is 9.78 Å². The Labute approximate surface area is 65.0 Å². The van der Waals surface area contributed by atoms with Crippen molar-refractivity contribution in [2.24, 2.45) is 5.73 Å². The number of amides is 1. The minimum atomic E-state index is -0.529. The van der Waals surface area contributed by atoms with Gasteiger partial charge in [-0.05, 0) is 26.3 Å². The molecule has 0 atom stereocenters. The van der Waals surface area contributed by atoms with Crippen LogP contribution < -0.4 is 5.73 Å². The summed E-state index contributed by atoms with van der Waals surface area (Å²) >= 11 is 0. The van der Waals surface area contributed by atoms with Gasteiger partial charge in [-0.15, -0.1) is 0 Å². The van der Waals surface area contributed by atoms with Crippen LogP contribution in [0.3, 0.4) is 0 Å². The average molecular weight is 153 g/mol. The minimum absolute atomic E-state index is 0.529. The monoisotopic (exact) mass is 153 g/mol. The fraction of sp³-hybridized carbons (Fsp3) is 0.429. The van der Waals surface area contributed by atoms with Crippen LogP contribution in [-0.4, -0.2) is 15.8 Å². The molecule has 0 saturated heterocycles. The van der Waals surface area contributed by atoms with Crippen molar-refractivity contribution in [3.8, 4) is 0 Å². The molecule has 0 aromatic carbocycles. The number of aryl methyl sites for hydroxylation is 1. The maximum atomic E-state index is 10.7. The van der Waals surface area contributed by atoms with Crippen LogP contribution in [-0.2, 0) is 0 Å². The van der Waals surface area contributed by atoms with Gasteiger partial charge < -0.3 is 5.73 Å². The molecule has 0 aliphatic rings. The van der Waals surface area contributed by atoms with Crippen molar-refractivity contribution in [1.29, 1.82) is 0 Å². The quantitative estimate of drug-likeness (QED) is 0.597. The zero-order chi connectivity index (χ0) is 8.59. The number of hydrogen-bond donors (Lipinski definition) is 1. The Morgan fingerprint density at radius 1 is 1.45 bits per heavy atom. The summed E-state index contributed by atoms with van der Waals surface area (Å²) in [7, 11) is 0. The number of nitrogens with zero attached hydrogens (tertiary/aromatic N) is 2. The highest BCUT2D eigenvalue weighted by molar-refractivity contribution is 5.74. The first-order valence-corrected chi connectivity index (χ1v) is 3.36. The smallest absolute Gasteiger partial charge is 0.339 e. The number of carbonyl (C=O) groups excluding carboxylic acids is 1. The molecule has 1 rings (SSSR count). The van der Waals surface area contributed by atoms with Crippen LogP contribution >= 0.6 is 0 Å². The average Bonchev–Trinajstić information content (AvgIpc) is 2.17. The van der Waals surface area contributed by atoms with Crippen LogP contribution in [0.1, 0.15) is 17.0 Å². The van der Waals surface area contributed by atoms with Crippen LogP contribution in [0.25, 0.3) is 0 Å². The van der Waals surface area contributed by atoms with Gasteiger partial charge in [0.1, 0.15) is 0 Å². The SMILES string of the molecule is Cc1nn(C(N)=O)c(C)c1C. The lowest BCUT2D eigenvalue weighted by Gasteiger charge is -1.95. The van der Waals surface area contributed by atoms with Gasteiger partial charge in [0.15, 0.2) is 0 Å². The largest absolute Gasteiger partial charge is 0.350 e. The summed E-state index contributed by atoms with van der Waals surface area (Å²) in [5.74, 6) is 0. The van der Waals surface area contributed by atoms with E-state index in [9.17, 15) is 4.79 Å². The van der Waals surface area contributed by atoms with E-state index >= 15 is 0 Å². The lowest BCUT2D eigenvalue weighted by atomic mass is 10.2. The van der Waals surface area contributed by atoms with Crippen LogP contribution in [0.15, 0.2) is 0 Å². The van der Waals surface area contributed by atoms with E-state index in [1.54, 1.807) is 0 Å². The Balaban J connectivity index is 3.29. The lowest BCUT2D eigenvalue weighted by molar-refractivity contribution is 0.247. The van der Waals surface area contributed by atoms with Crippen molar-refractivity contribution < 1.29 is 4.79 Å². The molecule has 0 radical (unpaired) electrons. The first kappa shape index (κ1) is 7.78. The molecule has 60 valence electrons. The highest BCUT2D eigenvalue weighted by Gasteiger charge is 2.09. The van der Waals surface area contributed by atoms with Crippen LogP contribution in [0.5, 0.6) is 0 Å². The summed E-state index contributed by atoms with van der Waals surface area (Å²) in [5, 5.41) is 3.95. The number of aromatic nitrogens is 2. The summed E-state index contributed by atoms with van der Waals surface area (Å²) in [6.07, 6.45) is 0. The Morgan fingerprint density at radius 3 is 2.18 bits per heavy atom. The first-order valence-electron chi connectivity index (χ1n) is 3.36. The van der Waals surface area contributed by atoms with E-state index < -0.39 is 6.03 Å². The van der Waals surface area contributed by atoms with Crippen molar-refractivity contribution in [3.05, 3.63) is 17.0 Å². The van der Waals surface area contributed by atoms with Crippen molar-refractivity contribution >= 4 is 6.03 Å². The first-order chi connectivity index (χ1) is 5.04. The number of carbonyl (C=O) groups is 1. The van der Waals surface area contributed by atoms with Crippen LogP contribution in [0.2, 0.25) is 0 Å². The number of primary amides is 1. The second kappa shape index (κ2) is 2.38. The number of hydrogen-bond acceptors (Lipinski definition) is 2. The Morgan fingerprint density at radius 2 is 2.00 bits per heavy atom. The molecule has 0 bridgehead atoms. The number of nitrogens with two attached hydrogens (primary N) is 1. The minimum Gasteiger partial charge on any atom is -0.350 e. The van der Waals surface area contributed by atoms with E-state index in [1.165, 1.54) is 4.68 Å². The van der Waals surface area contributed by atoms with Gasteiger partial charge in [-0.2, -0.15) is 9.78 Å². The summed E-state index contributed by atoms with van der Waals surface area (Å²) in [6.45, 7) is 5.58. The third-order valence-corrected chi connectivity index (χ3v) is 1.86. The van der Waals surface area contributed by atoms with Gasteiger partial charge in [-0.25, -0.2) is 4.79 Å². The highest BCUT2D eigenvalue weighted by atomic mass is 16.2. The molecular formula is C7H11N3O. The molecule has 0 spiro atoms. The fourth-order valence-corrected chi connectivity index (χ4v) is 0.935. The summed E-state index contributed by atoms with van der Waals surface area (Å²) in [6, 6.07) is -0.529. The molecule has 11 heavy (non-hydrogen) atoms. The van der Waals surface area contributed by atoms with E-state index in [4.69, 9.17) is 5.73 Å². The third-order valence-electron chi connectivity index (χ3n) is 1.86. The Kier molecular flexibility index (Phi) is 1.68. The van der Waals surface area contributed by atoms with E-state index in [0.29, 0.717) is 0 Å². The molecule has 2 N–H and O–H groups in total. The highest BCUT2D eigenvalue weighted by Crippen LogP contribution is 2.09. The maximum absolute atomic E-state index is 10.7. The predicted molar refractivity (Wildman–Crippen MR) is 41.4 cm³/mol. The Bertz CT molecular complexity index is 301. The molecule has 4 nitrogen and oxygen atoms in total. The molecule has 0 unspecified atom stereocenters. The van der Waals surface area contributed by atoms with Gasteiger partial charge in [-0.3, -0.25) is 0 Å². The van der Waals surface area contributed by atoms with Gasteiger partial charge in [0, 0.05) is 5.69 Å². The molecule has 0 fully saturated rings. The summed E-state index contributed by atoms with van der Waals surface area (Å²) < 4.78 is 1.21. The standard InChI is InChI=1S/C7H11N3O/c1-4-5(2)9-10(6(4)3)7(8)11/h1-3H3,(H2,8,11). The lowest BCUT2D eigenvalue weighted by Crippen LogP contribution is -2.22. The summed E-state index contributed by atoms with van der Waals surface area (Å²) in [5.41, 5.74) is 7.74. The van der Waals surface area contributed by atoms with Gasteiger partial charge in [0.25, 0.3) is 0 Å². The zero-order valence-electron chi connectivity index (χ0n) is 6.88.